The minimum absolute atomic E-state index is 0.0437. The van der Waals surface area contributed by atoms with Crippen molar-refractivity contribution in [2.45, 2.75) is 52.5 Å². The number of nitrogens with one attached hydrogen (secondary N) is 1. The van der Waals surface area contributed by atoms with E-state index in [2.05, 4.69) is 26.1 Å². The van der Waals surface area contributed by atoms with E-state index in [1.54, 1.807) is 13.8 Å². The lowest BCUT2D eigenvalue weighted by Gasteiger charge is -2.22. The van der Waals surface area contributed by atoms with Crippen molar-refractivity contribution in [3.63, 3.8) is 0 Å². The molecule has 0 spiro atoms. The topological polar surface area (TPSA) is 66.4 Å². The van der Waals surface area contributed by atoms with Crippen LogP contribution in [0.2, 0.25) is 0 Å². The predicted molar refractivity (Wildman–Crippen MR) is 83.1 cm³/mol. The molecule has 1 rings (SSSR count). The molecule has 1 aromatic rings. The van der Waals surface area contributed by atoms with Gasteiger partial charge >= 0.3 is 5.97 Å². The van der Waals surface area contributed by atoms with Crippen molar-refractivity contribution in [2.24, 2.45) is 5.92 Å². The Labute approximate surface area is 126 Å². The molecule has 0 fully saturated rings. The molecule has 4 heteroatoms. The third-order valence-corrected chi connectivity index (χ3v) is 3.40. The standard InChI is InChI=1S/C17H25NO3/c1-11(2)16(21)18-14(10-15(19)20)12-6-8-13(9-7-12)17(3,4)5/h6-9,11,14H,10H2,1-5H3,(H,18,21)(H,19,20). The monoisotopic (exact) mass is 291 g/mol. The van der Waals surface area contributed by atoms with Gasteiger partial charge in [-0.2, -0.15) is 0 Å². The molecule has 0 saturated heterocycles. The normalized spacial score (nSPS) is 13.0. The highest BCUT2D eigenvalue weighted by molar-refractivity contribution is 5.79. The summed E-state index contributed by atoms with van der Waals surface area (Å²) >= 11 is 0. The quantitative estimate of drug-likeness (QED) is 0.875. The van der Waals surface area contributed by atoms with Gasteiger partial charge in [-0.3, -0.25) is 9.59 Å². The van der Waals surface area contributed by atoms with Crippen molar-refractivity contribution >= 4 is 11.9 Å². The molecule has 2 N–H and O–H groups in total. The largest absolute Gasteiger partial charge is 0.481 e. The Morgan fingerprint density at radius 1 is 1.14 bits per heavy atom. The van der Waals surface area contributed by atoms with Crippen LogP contribution >= 0.6 is 0 Å². The molecule has 4 nitrogen and oxygen atoms in total. The number of rotatable bonds is 5. The molecule has 0 aliphatic heterocycles. The van der Waals surface area contributed by atoms with Crippen LogP contribution in [0.5, 0.6) is 0 Å². The first-order valence-corrected chi connectivity index (χ1v) is 7.24. The fourth-order valence-electron chi connectivity index (χ4n) is 1.98. The Kier molecular flexibility index (Phi) is 5.53. The SMILES string of the molecule is CC(C)C(=O)NC(CC(=O)O)c1ccc(C(C)(C)C)cc1. The van der Waals surface area contributed by atoms with Gasteiger partial charge in [-0.1, -0.05) is 58.9 Å². The number of carboxylic acid groups (broad SMARTS) is 1. The van der Waals surface area contributed by atoms with Crippen molar-refractivity contribution in [1.82, 2.24) is 5.32 Å². The van der Waals surface area contributed by atoms with Gasteiger partial charge in [0, 0.05) is 5.92 Å². The maximum atomic E-state index is 11.8. The molecule has 0 saturated carbocycles. The molecule has 0 aliphatic rings. The van der Waals surface area contributed by atoms with Crippen molar-refractivity contribution in [1.29, 1.82) is 0 Å². The van der Waals surface area contributed by atoms with E-state index < -0.39 is 12.0 Å². The highest BCUT2D eigenvalue weighted by Gasteiger charge is 2.20. The number of benzene rings is 1. The van der Waals surface area contributed by atoms with Gasteiger partial charge in [0.05, 0.1) is 12.5 Å². The molecule has 0 aliphatic carbocycles. The zero-order valence-corrected chi connectivity index (χ0v) is 13.4. The average Bonchev–Trinajstić information content (AvgIpc) is 2.36. The second kappa shape index (κ2) is 6.74. The van der Waals surface area contributed by atoms with E-state index in [-0.39, 0.29) is 23.7 Å². The summed E-state index contributed by atoms with van der Waals surface area (Å²) in [5.74, 6) is -1.24. The van der Waals surface area contributed by atoms with Crippen LogP contribution in [-0.4, -0.2) is 17.0 Å². The van der Waals surface area contributed by atoms with E-state index in [0.717, 1.165) is 5.56 Å². The van der Waals surface area contributed by atoms with E-state index in [9.17, 15) is 9.59 Å². The van der Waals surface area contributed by atoms with Crippen molar-refractivity contribution in [3.8, 4) is 0 Å². The van der Waals surface area contributed by atoms with Crippen molar-refractivity contribution in [3.05, 3.63) is 35.4 Å². The minimum atomic E-state index is -0.927. The van der Waals surface area contributed by atoms with Crippen LogP contribution in [0.4, 0.5) is 0 Å². The number of amides is 1. The molecule has 0 bridgehead atoms. The highest BCUT2D eigenvalue weighted by atomic mass is 16.4. The molecule has 1 unspecified atom stereocenters. The predicted octanol–water partition coefficient (Wildman–Crippen LogP) is 3.27. The maximum Gasteiger partial charge on any atom is 0.305 e. The first-order chi connectivity index (χ1) is 9.61. The first kappa shape index (κ1) is 17.2. The second-order valence-electron chi connectivity index (χ2n) is 6.69. The van der Waals surface area contributed by atoms with Gasteiger partial charge in [0.1, 0.15) is 0 Å². The summed E-state index contributed by atoms with van der Waals surface area (Å²) in [5.41, 5.74) is 2.04. The van der Waals surface area contributed by atoms with E-state index in [0.29, 0.717) is 0 Å². The summed E-state index contributed by atoms with van der Waals surface area (Å²) in [6, 6.07) is 7.28. The number of carbonyl (C=O) groups excluding carboxylic acids is 1. The van der Waals surface area contributed by atoms with Crippen LogP contribution < -0.4 is 5.32 Å². The molecule has 0 aromatic heterocycles. The van der Waals surface area contributed by atoms with Gasteiger partial charge in [0.25, 0.3) is 0 Å². The number of hydrogen-bond donors (Lipinski definition) is 2. The molecule has 1 aromatic carbocycles. The second-order valence-corrected chi connectivity index (χ2v) is 6.69. The summed E-state index contributed by atoms with van der Waals surface area (Å²) in [5, 5.41) is 11.8. The third-order valence-electron chi connectivity index (χ3n) is 3.40. The van der Waals surface area contributed by atoms with E-state index in [1.165, 1.54) is 5.56 Å². The van der Waals surface area contributed by atoms with Gasteiger partial charge in [-0.15, -0.1) is 0 Å². The molecule has 1 atom stereocenters. The smallest absolute Gasteiger partial charge is 0.305 e. The van der Waals surface area contributed by atoms with E-state index >= 15 is 0 Å². The Bertz CT molecular complexity index is 498. The lowest BCUT2D eigenvalue weighted by Crippen LogP contribution is -2.33. The van der Waals surface area contributed by atoms with Gasteiger partial charge < -0.3 is 10.4 Å². The van der Waals surface area contributed by atoms with Gasteiger partial charge in [0.2, 0.25) is 5.91 Å². The molecule has 0 radical (unpaired) electrons. The maximum absolute atomic E-state index is 11.8. The lowest BCUT2D eigenvalue weighted by atomic mass is 9.86. The fraction of sp³-hybridized carbons (Fsp3) is 0.529. The molecule has 21 heavy (non-hydrogen) atoms. The van der Waals surface area contributed by atoms with Crippen LogP contribution in [-0.2, 0) is 15.0 Å². The summed E-state index contributed by atoms with van der Waals surface area (Å²) in [7, 11) is 0. The van der Waals surface area contributed by atoms with E-state index in [1.807, 2.05) is 24.3 Å². The van der Waals surface area contributed by atoms with Crippen LogP contribution in [0.3, 0.4) is 0 Å². The zero-order valence-electron chi connectivity index (χ0n) is 13.4. The van der Waals surface area contributed by atoms with Gasteiger partial charge in [-0.05, 0) is 16.5 Å². The Hall–Kier alpha value is -1.84. The summed E-state index contributed by atoms with van der Waals surface area (Å²) in [6.07, 6.45) is -0.118. The van der Waals surface area contributed by atoms with Crippen LogP contribution in [0.25, 0.3) is 0 Å². The van der Waals surface area contributed by atoms with Crippen molar-refractivity contribution in [2.75, 3.05) is 0 Å². The number of carboxylic acids is 1. The van der Waals surface area contributed by atoms with Crippen LogP contribution in [0.1, 0.15) is 58.2 Å². The Morgan fingerprint density at radius 2 is 1.67 bits per heavy atom. The fourth-order valence-corrected chi connectivity index (χ4v) is 1.98. The van der Waals surface area contributed by atoms with Crippen LogP contribution in [0, 0.1) is 5.92 Å². The Balaban J connectivity index is 2.98. The van der Waals surface area contributed by atoms with E-state index in [4.69, 9.17) is 5.11 Å². The highest BCUT2D eigenvalue weighted by Crippen LogP contribution is 2.25. The molecular formula is C17H25NO3. The minimum Gasteiger partial charge on any atom is -0.481 e. The van der Waals surface area contributed by atoms with Crippen molar-refractivity contribution < 1.29 is 14.7 Å². The van der Waals surface area contributed by atoms with Gasteiger partial charge in [-0.25, -0.2) is 0 Å². The van der Waals surface area contributed by atoms with Crippen LogP contribution in [0.15, 0.2) is 24.3 Å². The molecular weight excluding hydrogens is 266 g/mol. The third kappa shape index (κ3) is 5.21. The summed E-state index contributed by atoms with van der Waals surface area (Å²) in [4.78, 5) is 22.8. The number of hydrogen-bond acceptors (Lipinski definition) is 2. The molecule has 116 valence electrons. The molecule has 0 heterocycles. The summed E-state index contributed by atoms with van der Waals surface area (Å²) in [6.45, 7) is 9.94. The number of carbonyl (C=O) groups is 2. The zero-order chi connectivity index (χ0) is 16.2. The number of aliphatic carboxylic acids is 1. The summed E-state index contributed by atoms with van der Waals surface area (Å²) < 4.78 is 0. The average molecular weight is 291 g/mol. The molecule has 1 amide bonds. The first-order valence-electron chi connectivity index (χ1n) is 7.24. The van der Waals surface area contributed by atoms with Gasteiger partial charge in [0.15, 0.2) is 0 Å². The lowest BCUT2D eigenvalue weighted by molar-refractivity contribution is -0.137. The Morgan fingerprint density at radius 3 is 2.05 bits per heavy atom.